The van der Waals surface area contributed by atoms with Gasteiger partial charge >= 0.3 is 0 Å². The van der Waals surface area contributed by atoms with Crippen LogP contribution in [0, 0.1) is 0 Å². The fraction of sp³-hybridized carbons (Fsp3) is 0.929. The zero-order valence-corrected chi connectivity index (χ0v) is 12.3. The lowest BCUT2D eigenvalue weighted by molar-refractivity contribution is -0.127. The van der Waals surface area contributed by atoms with Crippen LogP contribution >= 0.6 is 0 Å². The molecule has 1 saturated heterocycles. The molecule has 0 aromatic carbocycles. The van der Waals surface area contributed by atoms with Gasteiger partial charge in [0, 0.05) is 18.6 Å². The minimum atomic E-state index is -0.0123. The third-order valence-electron chi connectivity index (χ3n) is 4.12. The number of hydrogen-bond donors (Lipinski definition) is 2. The molecule has 1 aliphatic rings. The van der Waals surface area contributed by atoms with Gasteiger partial charge in [-0.25, -0.2) is 0 Å². The number of likely N-dealkylation sites (N-methyl/N-ethyl adjacent to an activating group) is 1. The summed E-state index contributed by atoms with van der Waals surface area (Å²) in [6.07, 6.45) is 4.41. The van der Waals surface area contributed by atoms with Crippen molar-refractivity contribution in [2.45, 2.75) is 64.6 Å². The number of carbonyl (C=O) groups excluding carboxylic acids is 1. The molecule has 0 bridgehead atoms. The average Bonchev–Trinajstić information content (AvgIpc) is 2.43. The highest BCUT2D eigenvalue weighted by atomic mass is 16.2. The van der Waals surface area contributed by atoms with Gasteiger partial charge in [-0.15, -0.1) is 0 Å². The van der Waals surface area contributed by atoms with Crippen LogP contribution in [-0.4, -0.2) is 49.1 Å². The lowest BCUT2D eigenvalue weighted by Crippen LogP contribution is -2.53. The van der Waals surface area contributed by atoms with Crippen molar-refractivity contribution in [1.82, 2.24) is 15.5 Å². The summed E-state index contributed by atoms with van der Waals surface area (Å²) in [5.74, 6) is 0.181. The first-order valence-electron chi connectivity index (χ1n) is 7.34. The zero-order chi connectivity index (χ0) is 13.5. The molecular formula is C14H29N3O. The van der Waals surface area contributed by atoms with Crippen molar-refractivity contribution in [3.05, 3.63) is 0 Å². The molecule has 18 heavy (non-hydrogen) atoms. The molecule has 1 rings (SSSR count). The second-order valence-electron chi connectivity index (χ2n) is 5.32. The molecule has 1 amide bonds. The van der Waals surface area contributed by atoms with Crippen molar-refractivity contribution in [2.75, 3.05) is 20.1 Å². The summed E-state index contributed by atoms with van der Waals surface area (Å²) in [6.45, 7) is 8.29. The smallest absolute Gasteiger partial charge is 0.237 e. The lowest BCUT2D eigenvalue weighted by atomic mass is 10.0. The summed E-state index contributed by atoms with van der Waals surface area (Å²) in [5.41, 5.74) is 0. The Balaban J connectivity index is 2.47. The predicted molar refractivity (Wildman–Crippen MR) is 75.6 cm³/mol. The summed E-state index contributed by atoms with van der Waals surface area (Å²) in [5, 5.41) is 6.46. The average molecular weight is 255 g/mol. The van der Waals surface area contributed by atoms with Crippen molar-refractivity contribution in [1.29, 1.82) is 0 Å². The van der Waals surface area contributed by atoms with E-state index in [2.05, 4.69) is 29.4 Å². The summed E-state index contributed by atoms with van der Waals surface area (Å²) in [6, 6.07) is 0.841. The molecular weight excluding hydrogens is 226 g/mol. The van der Waals surface area contributed by atoms with Crippen molar-refractivity contribution >= 4 is 5.91 Å². The number of nitrogens with zero attached hydrogens (tertiary/aromatic N) is 1. The first-order chi connectivity index (χ1) is 8.62. The van der Waals surface area contributed by atoms with Crippen LogP contribution in [0.5, 0.6) is 0 Å². The molecule has 4 nitrogen and oxygen atoms in total. The quantitative estimate of drug-likeness (QED) is 0.753. The van der Waals surface area contributed by atoms with E-state index in [1.807, 2.05) is 14.0 Å². The van der Waals surface area contributed by atoms with Crippen LogP contribution in [0.3, 0.4) is 0 Å². The number of amides is 1. The van der Waals surface area contributed by atoms with E-state index in [0.29, 0.717) is 12.1 Å². The molecule has 0 spiro atoms. The maximum Gasteiger partial charge on any atom is 0.237 e. The fourth-order valence-electron chi connectivity index (χ4n) is 2.57. The van der Waals surface area contributed by atoms with Gasteiger partial charge in [-0.1, -0.05) is 13.8 Å². The lowest BCUT2D eigenvalue weighted by Gasteiger charge is -2.36. The predicted octanol–water partition coefficient (Wildman–Crippen LogP) is 1.36. The monoisotopic (exact) mass is 255 g/mol. The van der Waals surface area contributed by atoms with E-state index in [1.165, 1.54) is 12.8 Å². The van der Waals surface area contributed by atoms with Gasteiger partial charge in [-0.2, -0.15) is 0 Å². The van der Waals surface area contributed by atoms with E-state index in [9.17, 15) is 4.79 Å². The van der Waals surface area contributed by atoms with Crippen LogP contribution in [0.25, 0.3) is 0 Å². The molecule has 106 valence electrons. The second-order valence-corrected chi connectivity index (χ2v) is 5.32. The van der Waals surface area contributed by atoms with E-state index >= 15 is 0 Å². The Morgan fingerprint density at radius 2 is 2.06 bits per heavy atom. The van der Waals surface area contributed by atoms with E-state index < -0.39 is 0 Å². The number of piperidine rings is 1. The maximum absolute atomic E-state index is 12.2. The first-order valence-corrected chi connectivity index (χ1v) is 7.34. The molecule has 2 N–H and O–H groups in total. The highest BCUT2D eigenvalue weighted by Crippen LogP contribution is 2.13. The molecule has 0 saturated carbocycles. The molecule has 2 atom stereocenters. The molecule has 0 aromatic rings. The van der Waals surface area contributed by atoms with E-state index in [4.69, 9.17) is 0 Å². The Morgan fingerprint density at radius 1 is 1.39 bits per heavy atom. The molecule has 1 heterocycles. The summed E-state index contributed by atoms with van der Waals surface area (Å²) < 4.78 is 0. The summed E-state index contributed by atoms with van der Waals surface area (Å²) in [4.78, 5) is 14.5. The molecule has 1 fully saturated rings. The van der Waals surface area contributed by atoms with Crippen LogP contribution < -0.4 is 10.6 Å². The topological polar surface area (TPSA) is 44.4 Å². The van der Waals surface area contributed by atoms with Crippen molar-refractivity contribution < 1.29 is 4.79 Å². The van der Waals surface area contributed by atoms with E-state index in [1.54, 1.807) is 0 Å². The fourth-order valence-corrected chi connectivity index (χ4v) is 2.57. The highest BCUT2D eigenvalue weighted by molar-refractivity contribution is 5.81. The van der Waals surface area contributed by atoms with Gasteiger partial charge in [0.15, 0.2) is 0 Å². The molecule has 2 unspecified atom stereocenters. The van der Waals surface area contributed by atoms with Crippen LogP contribution in [-0.2, 0) is 4.79 Å². The Bertz CT molecular complexity index is 253. The molecule has 0 aromatic heterocycles. The molecule has 4 heteroatoms. The van der Waals surface area contributed by atoms with Gasteiger partial charge < -0.3 is 10.6 Å². The minimum absolute atomic E-state index is 0.0123. The number of nitrogens with one attached hydrogen (secondary N) is 2. The Hall–Kier alpha value is -0.610. The number of hydrogen-bond acceptors (Lipinski definition) is 3. The van der Waals surface area contributed by atoms with Gasteiger partial charge in [0.05, 0.1) is 6.04 Å². The SMILES string of the molecule is CCC(CC)NC(=O)C(C)N1CCCC(NC)C1. The van der Waals surface area contributed by atoms with E-state index in [-0.39, 0.29) is 11.9 Å². The van der Waals surface area contributed by atoms with Gasteiger partial charge in [0.2, 0.25) is 5.91 Å². The second kappa shape index (κ2) is 7.74. The van der Waals surface area contributed by atoms with Crippen LogP contribution in [0.15, 0.2) is 0 Å². The van der Waals surface area contributed by atoms with Crippen LogP contribution in [0.4, 0.5) is 0 Å². The van der Waals surface area contributed by atoms with Crippen LogP contribution in [0.2, 0.25) is 0 Å². The van der Waals surface area contributed by atoms with Gasteiger partial charge in [-0.05, 0) is 46.2 Å². The number of rotatable bonds is 6. The Kier molecular flexibility index (Phi) is 6.65. The third-order valence-corrected chi connectivity index (χ3v) is 4.12. The van der Waals surface area contributed by atoms with Gasteiger partial charge in [-0.3, -0.25) is 9.69 Å². The van der Waals surface area contributed by atoms with Crippen molar-refractivity contribution in [3.63, 3.8) is 0 Å². The normalized spacial score (nSPS) is 23.1. The first kappa shape index (κ1) is 15.4. The Morgan fingerprint density at radius 3 is 2.61 bits per heavy atom. The number of carbonyl (C=O) groups is 1. The zero-order valence-electron chi connectivity index (χ0n) is 12.3. The van der Waals surface area contributed by atoms with Gasteiger partial charge in [0.1, 0.15) is 0 Å². The number of likely N-dealkylation sites (tertiary alicyclic amines) is 1. The minimum Gasteiger partial charge on any atom is -0.352 e. The molecule has 0 aliphatic carbocycles. The summed E-state index contributed by atoms with van der Waals surface area (Å²) in [7, 11) is 2.00. The molecule has 0 radical (unpaired) electrons. The highest BCUT2D eigenvalue weighted by Gasteiger charge is 2.27. The largest absolute Gasteiger partial charge is 0.352 e. The summed E-state index contributed by atoms with van der Waals surface area (Å²) >= 11 is 0. The van der Waals surface area contributed by atoms with Crippen LogP contribution in [0.1, 0.15) is 46.5 Å². The Labute approximate surface area is 111 Å². The van der Waals surface area contributed by atoms with E-state index in [0.717, 1.165) is 25.9 Å². The molecule has 1 aliphatic heterocycles. The standard InChI is InChI=1S/C14H29N3O/c1-5-12(6-2)16-14(18)11(3)17-9-7-8-13(10-17)15-4/h11-13,15H,5-10H2,1-4H3,(H,16,18). The van der Waals surface area contributed by atoms with Crippen molar-refractivity contribution in [2.24, 2.45) is 0 Å². The maximum atomic E-state index is 12.2. The third kappa shape index (κ3) is 4.25. The van der Waals surface area contributed by atoms with Gasteiger partial charge in [0.25, 0.3) is 0 Å². The van der Waals surface area contributed by atoms with Crippen molar-refractivity contribution in [3.8, 4) is 0 Å².